The number of aromatic nitrogens is 1. The van der Waals surface area contributed by atoms with E-state index in [9.17, 15) is 9.59 Å². The summed E-state index contributed by atoms with van der Waals surface area (Å²) >= 11 is 0. The zero-order chi connectivity index (χ0) is 15.5. The molecule has 0 saturated carbocycles. The topological polar surface area (TPSA) is 105 Å². The minimum atomic E-state index is -0.922. The molecule has 0 unspecified atom stereocenters. The molecule has 21 heavy (non-hydrogen) atoms. The van der Waals surface area contributed by atoms with Gasteiger partial charge >= 0.3 is 5.97 Å². The van der Waals surface area contributed by atoms with Crippen LogP contribution in [-0.4, -0.2) is 22.0 Å². The quantitative estimate of drug-likeness (QED) is 0.343. The molecule has 0 aliphatic rings. The normalized spacial score (nSPS) is 9.57. The van der Waals surface area contributed by atoms with Crippen LogP contribution in [0.5, 0.6) is 0 Å². The van der Waals surface area contributed by atoms with Crippen LogP contribution in [0.3, 0.4) is 0 Å². The molecule has 1 aromatic carbocycles. The maximum absolute atomic E-state index is 10.7. The first-order valence-electron chi connectivity index (χ1n) is 6.00. The Morgan fingerprint density at radius 1 is 1.10 bits per heavy atom. The average Bonchev–Trinajstić information content (AvgIpc) is 2.54. The average molecular weight is 285 g/mol. The van der Waals surface area contributed by atoms with Crippen molar-refractivity contribution in [1.29, 1.82) is 0 Å². The molecule has 0 spiro atoms. The fraction of sp³-hybridized carbons (Fsp3) is 0. The van der Waals surface area contributed by atoms with Crippen molar-refractivity contribution in [3.05, 3.63) is 72.1 Å². The van der Waals surface area contributed by atoms with E-state index in [2.05, 4.69) is 4.98 Å². The van der Waals surface area contributed by atoms with E-state index in [4.69, 9.17) is 10.9 Å². The molecule has 0 aliphatic heterocycles. The second-order valence-corrected chi connectivity index (χ2v) is 3.79. The third kappa shape index (κ3) is 6.65. The second kappa shape index (κ2) is 9.00. The number of amides is 1. The molecule has 108 valence electrons. The molecule has 0 fully saturated rings. The van der Waals surface area contributed by atoms with E-state index in [-0.39, 0.29) is 5.91 Å². The molecule has 6 heteroatoms. The summed E-state index contributed by atoms with van der Waals surface area (Å²) in [5.41, 5.74) is 3.42. The fourth-order valence-corrected chi connectivity index (χ4v) is 1.32. The number of carbonyl (C=O) groups is 2. The number of hydrogen-bond acceptors (Lipinski definition) is 4. The lowest BCUT2D eigenvalue weighted by Crippen LogP contribution is -2.29. The maximum Gasteiger partial charge on any atom is 0.328 e. The van der Waals surface area contributed by atoms with Gasteiger partial charge in [0, 0.05) is 24.0 Å². The third-order valence-corrected chi connectivity index (χ3v) is 2.29. The van der Waals surface area contributed by atoms with E-state index >= 15 is 0 Å². The van der Waals surface area contributed by atoms with Crippen LogP contribution in [0, 0.1) is 0 Å². The summed E-state index contributed by atoms with van der Waals surface area (Å²) in [6.07, 6.45) is 5.74. The van der Waals surface area contributed by atoms with Crippen molar-refractivity contribution in [2.24, 2.45) is 5.84 Å². The number of aliphatic carboxylic acids is 1. The summed E-state index contributed by atoms with van der Waals surface area (Å²) in [6.45, 7) is 0. The summed E-state index contributed by atoms with van der Waals surface area (Å²) < 4.78 is 0. The minimum absolute atomic E-state index is 0.303. The van der Waals surface area contributed by atoms with Gasteiger partial charge in [-0.15, -0.1) is 0 Å². The predicted octanol–water partition coefficient (Wildman–Crippen LogP) is 1.47. The fourth-order valence-electron chi connectivity index (χ4n) is 1.32. The molecule has 4 N–H and O–H groups in total. The Balaban J connectivity index is 0.000000211. The smallest absolute Gasteiger partial charge is 0.328 e. The Bertz CT molecular complexity index is 598. The molecule has 2 aromatic rings. The number of nitrogens with two attached hydrogens (primary N) is 1. The van der Waals surface area contributed by atoms with Gasteiger partial charge in [-0.05, 0) is 23.8 Å². The minimum Gasteiger partial charge on any atom is -0.478 e. The number of hydrazine groups is 1. The number of nitrogen functional groups attached to an aromatic ring is 1. The molecule has 0 aliphatic carbocycles. The van der Waals surface area contributed by atoms with Crippen LogP contribution in [0.4, 0.5) is 0 Å². The van der Waals surface area contributed by atoms with E-state index in [1.807, 2.05) is 35.8 Å². The molecule has 1 aromatic heterocycles. The summed E-state index contributed by atoms with van der Waals surface area (Å²) in [7, 11) is 0. The van der Waals surface area contributed by atoms with Crippen LogP contribution in [-0.2, 0) is 4.79 Å². The van der Waals surface area contributed by atoms with Gasteiger partial charge in [-0.25, -0.2) is 10.6 Å². The van der Waals surface area contributed by atoms with Gasteiger partial charge in [0.1, 0.15) is 0 Å². The zero-order valence-corrected chi connectivity index (χ0v) is 11.1. The van der Waals surface area contributed by atoms with Crippen LogP contribution >= 0.6 is 0 Å². The zero-order valence-electron chi connectivity index (χ0n) is 11.1. The Kier molecular flexibility index (Phi) is 6.89. The summed E-state index contributed by atoms with van der Waals surface area (Å²) in [4.78, 5) is 24.6. The molecule has 2 rings (SSSR count). The highest BCUT2D eigenvalue weighted by Gasteiger charge is 1.99. The molecule has 6 nitrogen and oxygen atoms in total. The number of nitrogens with zero attached hydrogens (tertiary/aromatic N) is 1. The first kappa shape index (κ1) is 16.1. The van der Waals surface area contributed by atoms with Crippen molar-refractivity contribution in [3.8, 4) is 0 Å². The number of benzene rings is 1. The lowest BCUT2D eigenvalue weighted by molar-refractivity contribution is -0.131. The number of nitrogens with one attached hydrogen (secondary N) is 1. The van der Waals surface area contributed by atoms with Gasteiger partial charge in [-0.3, -0.25) is 15.2 Å². The summed E-state index contributed by atoms with van der Waals surface area (Å²) in [5, 5.41) is 8.29. The Morgan fingerprint density at radius 3 is 2.24 bits per heavy atom. The summed E-state index contributed by atoms with van der Waals surface area (Å²) in [6, 6.07) is 12.5. The third-order valence-electron chi connectivity index (χ3n) is 2.29. The summed E-state index contributed by atoms with van der Waals surface area (Å²) in [5.74, 6) is 3.66. The second-order valence-electron chi connectivity index (χ2n) is 3.79. The molecular formula is C15H15N3O3. The lowest BCUT2D eigenvalue weighted by atomic mass is 10.2. The van der Waals surface area contributed by atoms with E-state index in [0.717, 1.165) is 11.6 Å². The van der Waals surface area contributed by atoms with Gasteiger partial charge in [0.2, 0.25) is 0 Å². The van der Waals surface area contributed by atoms with Crippen LogP contribution < -0.4 is 11.3 Å². The number of rotatable bonds is 3. The molecule has 1 heterocycles. The van der Waals surface area contributed by atoms with Crippen molar-refractivity contribution in [2.45, 2.75) is 0 Å². The molecule has 1 amide bonds. The Hall–Kier alpha value is -2.99. The van der Waals surface area contributed by atoms with E-state index < -0.39 is 5.97 Å². The van der Waals surface area contributed by atoms with E-state index in [1.165, 1.54) is 12.4 Å². The van der Waals surface area contributed by atoms with E-state index in [1.54, 1.807) is 18.2 Å². The number of carboxylic acid groups (broad SMARTS) is 1. The van der Waals surface area contributed by atoms with Crippen LogP contribution in [0.2, 0.25) is 0 Å². The number of carbonyl (C=O) groups excluding carboxylic acids is 1. The number of carboxylic acids is 1. The Morgan fingerprint density at radius 2 is 1.71 bits per heavy atom. The SMILES string of the molecule is NNC(=O)c1ccncc1.O=C(O)/C=C\c1ccccc1. The van der Waals surface area contributed by atoms with Gasteiger partial charge in [0.15, 0.2) is 0 Å². The standard InChI is InChI=1S/C9H8O2.C6H7N3O/c10-9(11)7-6-8-4-2-1-3-5-8;7-9-6(10)5-1-3-8-4-2-5/h1-7H,(H,10,11);1-4H,7H2,(H,9,10)/b7-6-;. The number of pyridine rings is 1. The van der Waals surface area contributed by atoms with Gasteiger partial charge in [0.25, 0.3) is 5.91 Å². The largest absolute Gasteiger partial charge is 0.478 e. The van der Waals surface area contributed by atoms with Gasteiger partial charge in [-0.2, -0.15) is 0 Å². The number of hydrogen-bond donors (Lipinski definition) is 3. The van der Waals surface area contributed by atoms with Crippen LogP contribution in [0.25, 0.3) is 6.08 Å². The molecular weight excluding hydrogens is 270 g/mol. The molecule has 0 bridgehead atoms. The Labute approximate surface area is 121 Å². The van der Waals surface area contributed by atoms with Crippen LogP contribution in [0.1, 0.15) is 15.9 Å². The van der Waals surface area contributed by atoms with Crippen molar-refractivity contribution < 1.29 is 14.7 Å². The van der Waals surface area contributed by atoms with Crippen molar-refractivity contribution >= 4 is 18.0 Å². The van der Waals surface area contributed by atoms with Crippen molar-refractivity contribution in [3.63, 3.8) is 0 Å². The lowest BCUT2D eigenvalue weighted by Gasteiger charge is -1.95. The highest BCUT2D eigenvalue weighted by molar-refractivity contribution is 5.93. The molecule has 0 atom stereocenters. The molecule has 0 radical (unpaired) electrons. The predicted molar refractivity (Wildman–Crippen MR) is 79.0 cm³/mol. The van der Waals surface area contributed by atoms with Gasteiger partial charge < -0.3 is 5.11 Å². The first-order valence-corrected chi connectivity index (χ1v) is 6.00. The van der Waals surface area contributed by atoms with Gasteiger partial charge in [0.05, 0.1) is 0 Å². The highest BCUT2D eigenvalue weighted by Crippen LogP contribution is 1.99. The van der Waals surface area contributed by atoms with Crippen molar-refractivity contribution in [2.75, 3.05) is 0 Å². The first-order chi connectivity index (χ1) is 10.1. The maximum atomic E-state index is 10.7. The monoisotopic (exact) mass is 285 g/mol. The van der Waals surface area contributed by atoms with Crippen molar-refractivity contribution in [1.82, 2.24) is 10.4 Å². The molecule has 0 saturated heterocycles. The van der Waals surface area contributed by atoms with E-state index in [0.29, 0.717) is 5.56 Å². The van der Waals surface area contributed by atoms with Crippen LogP contribution in [0.15, 0.2) is 60.9 Å². The highest BCUT2D eigenvalue weighted by atomic mass is 16.4. The van der Waals surface area contributed by atoms with Gasteiger partial charge in [-0.1, -0.05) is 30.3 Å².